The Kier molecular flexibility index (Phi) is 3.92. The molecule has 0 aliphatic carbocycles. The first kappa shape index (κ1) is 15.1. The number of aryl methyl sites for hydroxylation is 1. The second-order valence-electron chi connectivity index (χ2n) is 5.51. The molecule has 1 aromatic carbocycles. The van der Waals surface area contributed by atoms with Gasteiger partial charge >= 0.3 is 0 Å². The van der Waals surface area contributed by atoms with Gasteiger partial charge in [0.1, 0.15) is 5.01 Å². The molecule has 4 rings (SSSR count). The molecule has 3 aromatic heterocycles. The second-order valence-corrected chi connectivity index (χ2v) is 7.32. The summed E-state index contributed by atoms with van der Waals surface area (Å²) in [5.74, 6) is -0.0469. The molecule has 120 valence electrons. The molecule has 0 atom stereocenters. The fraction of sp³-hybridized carbons (Fsp3) is 0.111. The van der Waals surface area contributed by atoms with Crippen LogP contribution in [0.15, 0.2) is 53.4 Å². The molecule has 1 N–H and O–H groups in total. The predicted octanol–water partition coefficient (Wildman–Crippen LogP) is 4.54. The lowest BCUT2D eigenvalue weighted by Crippen LogP contribution is -2.14. The number of nitrogens with one attached hydrogen (secondary N) is 1. The average molecular weight is 353 g/mol. The summed E-state index contributed by atoms with van der Waals surface area (Å²) in [5, 5.41) is 9.01. The van der Waals surface area contributed by atoms with E-state index in [4.69, 9.17) is 0 Å². The largest absolute Gasteiger partial charge is 0.350 e. The number of amides is 1. The van der Waals surface area contributed by atoms with E-state index < -0.39 is 0 Å². The number of carbonyl (C=O) groups is 1. The highest BCUT2D eigenvalue weighted by Gasteiger charge is 2.11. The van der Waals surface area contributed by atoms with Crippen LogP contribution in [0.1, 0.15) is 5.69 Å². The van der Waals surface area contributed by atoms with Gasteiger partial charge in [0.15, 0.2) is 0 Å². The lowest BCUT2D eigenvalue weighted by atomic mass is 10.2. The van der Waals surface area contributed by atoms with Crippen molar-refractivity contribution in [3.63, 3.8) is 0 Å². The Hall–Kier alpha value is -2.44. The average Bonchev–Trinajstić information content (AvgIpc) is 3.29. The lowest BCUT2D eigenvalue weighted by Gasteiger charge is -2.06. The fourth-order valence-corrected chi connectivity index (χ4v) is 4.31. The van der Waals surface area contributed by atoms with Crippen molar-refractivity contribution < 1.29 is 4.79 Å². The van der Waals surface area contributed by atoms with Gasteiger partial charge in [0.2, 0.25) is 5.91 Å². The molecular formula is C18H15N3OS2. The van der Waals surface area contributed by atoms with Crippen molar-refractivity contribution in [2.45, 2.75) is 6.42 Å². The van der Waals surface area contributed by atoms with Crippen molar-refractivity contribution in [2.24, 2.45) is 7.05 Å². The molecule has 0 aliphatic rings. The van der Waals surface area contributed by atoms with Gasteiger partial charge in [0.05, 0.1) is 22.7 Å². The maximum Gasteiger partial charge on any atom is 0.230 e. The van der Waals surface area contributed by atoms with Crippen LogP contribution in [0.4, 0.5) is 5.69 Å². The highest BCUT2D eigenvalue weighted by atomic mass is 32.1. The van der Waals surface area contributed by atoms with Crippen molar-refractivity contribution in [2.75, 3.05) is 5.32 Å². The molecule has 0 bridgehead atoms. The van der Waals surface area contributed by atoms with Crippen molar-refractivity contribution in [1.29, 1.82) is 0 Å². The second kappa shape index (κ2) is 6.22. The molecule has 0 fully saturated rings. The van der Waals surface area contributed by atoms with Crippen molar-refractivity contribution in [3.8, 4) is 9.88 Å². The number of thiophene rings is 1. The van der Waals surface area contributed by atoms with Crippen LogP contribution in [0.3, 0.4) is 0 Å². The summed E-state index contributed by atoms with van der Waals surface area (Å²) >= 11 is 3.24. The van der Waals surface area contributed by atoms with Crippen LogP contribution in [0.5, 0.6) is 0 Å². The van der Waals surface area contributed by atoms with Crippen LogP contribution in [0.25, 0.3) is 20.8 Å². The maximum absolute atomic E-state index is 12.4. The minimum absolute atomic E-state index is 0.0469. The van der Waals surface area contributed by atoms with E-state index >= 15 is 0 Å². The zero-order valence-corrected chi connectivity index (χ0v) is 14.7. The maximum atomic E-state index is 12.4. The quantitative estimate of drug-likeness (QED) is 0.585. The molecular weight excluding hydrogens is 338 g/mol. The fourth-order valence-electron chi connectivity index (χ4n) is 2.67. The van der Waals surface area contributed by atoms with E-state index in [1.807, 2.05) is 65.0 Å². The molecule has 4 aromatic rings. The van der Waals surface area contributed by atoms with E-state index in [9.17, 15) is 4.79 Å². The molecule has 1 amide bonds. The summed E-state index contributed by atoms with van der Waals surface area (Å²) in [6.07, 6.45) is 2.28. The first-order valence-corrected chi connectivity index (χ1v) is 9.29. The molecule has 0 unspecified atom stereocenters. The van der Waals surface area contributed by atoms with Crippen LogP contribution in [0.2, 0.25) is 0 Å². The molecule has 24 heavy (non-hydrogen) atoms. The Balaban J connectivity index is 1.50. The third-order valence-electron chi connectivity index (χ3n) is 3.83. The van der Waals surface area contributed by atoms with Gasteiger partial charge < -0.3 is 9.88 Å². The number of nitrogens with zero attached hydrogens (tertiary/aromatic N) is 2. The van der Waals surface area contributed by atoms with Crippen molar-refractivity contribution in [1.82, 2.24) is 9.55 Å². The number of hydrogen-bond acceptors (Lipinski definition) is 4. The zero-order chi connectivity index (χ0) is 16.5. The van der Waals surface area contributed by atoms with E-state index in [1.54, 1.807) is 22.7 Å². The SMILES string of the molecule is Cn1ccc2c(NC(=O)Cc3csc(-c4cccs4)n3)cccc21. The third kappa shape index (κ3) is 2.86. The number of fused-ring (bicyclic) bond motifs is 1. The van der Waals surface area contributed by atoms with Gasteiger partial charge in [-0.2, -0.15) is 0 Å². The van der Waals surface area contributed by atoms with Crippen LogP contribution >= 0.6 is 22.7 Å². The Morgan fingerprint density at radius 3 is 2.96 bits per heavy atom. The zero-order valence-electron chi connectivity index (χ0n) is 13.0. The number of hydrogen-bond donors (Lipinski definition) is 1. The highest BCUT2D eigenvalue weighted by Crippen LogP contribution is 2.28. The predicted molar refractivity (Wildman–Crippen MR) is 101 cm³/mol. The monoisotopic (exact) mass is 353 g/mol. The first-order chi connectivity index (χ1) is 11.7. The van der Waals surface area contributed by atoms with Crippen molar-refractivity contribution in [3.05, 3.63) is 59.0 Å². The number of rotatable bonds is 4. The number of anilines is 1. The van der Waals surface area contributed by atoms with Gasteiger partial charge in [0, 0.05) is 29.5 Å². The minimum Gasteiger partial charge on any atom is -0.350 e. The van der Waals surface area contributed by atoms with Crippen LogP contribution in [-0.4, -0.2) is 15.5 Å². The molecule has 0 saturated carbocycles. The van der Waals surface area contributed by atoms with E-state index in [1.165, 1.54) is 0 Å². The number of thiazole rings is 1. The molecule has 3 heterocycles. The third-order valence-corrected chi connectivity index (χ3v) is 5.76. The highest BCUT2D eigenvalue weighted by molar-refractivity contribution is 7.20. The Morgan fingerprint density at radius 2 is 2.12 bits per heavy atom. The molecule has 0 radical (unpaired) electrons. The van der Waals surface area contributed by atoms with E-state index in [0.29, 0.717) is 0 Å². The standard InChI is InChI=1S/C18H15N3OS2/c1-21-8-7-13-14(4-2-5-15(13)21)20-17(22)10-12-11-24-18(19-12)16-6-3-9-23-16/h2-9,11H,10H2,1H3,(H,20,22). The summed E-state index contributed by atoms with van der Waals surface area (Å²) in [4.78, 5) is 18.1. The smallest absolute Gasteiger partial charge is 0.230 e. The Bertz CT molecular complexity index is 999. The van der Waals surface area contributed by atoms with E-state index in [0.717, 1.165) is 32.2 Å². The number of benzene rings is 1. The Morgan fingerprint density at radius 1 is 1.21 bits per heavy atom. The molecule has 4 nitrogen and oxygen atoms in total. The summed E-state index contributed by atoms with van der Waals surface area (Å²) in [7, 11) is 2.00. The van der Waals surface area contributed by atoms with Gasteiger partial charge in [-0.05, 0) is 29.6 Å². The molecule has 0 saturated heterocycles. The van der Waals surface area contributed by atoms with Crippen LogP contribution in [0, 0.1) is 0 Å². The lowest BCUT2D eigenvalue weighted by molar-refractivity contribution is -0.115. The van der Waals surface area contributed by atoms with E-state index in [-0.39, 0.29) is 12.3 Å². The summed E-state index contributed by atoms with van der Waals surface area (Å²) in [6, 6.07) is 12.0. The molecule has 6 heteroatoms. The van der Waals surface area contributed by atoms with Gasteiger partial charge in [-0.1, -0.05) is 12.1 Å². The van der Waals surface area contributed by atoms with Crippen LogP contribution < -0.4 is 5.32 Å². The molecule has 0 aliphatic heterocycles. The van der Waals surface area contributed by atoms with Crippen molar-refractivity contribution >= 4 is 45.2 Å². The topological polar surface area (TPSA) is 46.9 Å². The van der Waals surface area contributed by atoms with Crippen LogP contribution in [-0.2, 0) is 18.3 Å². The Labute approximate surface area is 147 Å². The number of carbonyl (C=O) groups excluding carboxylic acids is 1. The minimum atomic E-state index is -0.0469. The molecule has 0 spiro atoms. The van der Waals surface area contributed by atoms with Gasteiger partial charge in [-0.15, -0.1) is 22.7 Å². The normalized spacial score (nSPS) is 11.0. The summed E-state index contributed by atoms with van der Waals surface area (Å²) in [5.41, 5.74) is 2.74. The summed E-state index contributed by atoms with van der Waals surface area (Å²) < 4.78 is 2.04. The number of aromatic nitrogens is 2. The van der Waals surface area contributed by atoms with Gasteiger partial charge in [-0.25, -0.2) is 4.98 Å². The summed E-state index contributed by atoms with van der Waals surface area (Å²) in [6.45, 7) is 0. The first-order valence-electron chi connectivity index (χ1n) is 7.53. The van der Waals surface area contributed by atoms with Gasteiger partial charge in [-0.3, -0.25) is 4.79 Å². The van der Waals surface area contributed by atoms with Gasteiger partial charge in [0.25, 0.3) is 0 Å². The van der Waals surface area contributed by atoms with E-state index in [2.05, 4.69) is 10.3 Å².